The number of carbonyl (C=O) groups is 2. The standard InChI is InChI=1S/C14H20N2O3/c1-3-4-9-15-10-13(17)16-12-8-6-5-7-11(12)14(18)19-2/h5-8,15H,3-4,9-10H2,1-2H3,(H,16,17). The van der Waals surface area contributed by atoms with Gasteiger partial charge in [-0.1, -0.05) is 25.5 Å². The molecule has 5 nitrogen and oxygen atoms in total. The van der Waals surface area contributed by atoms with Crippen LogP contribution in [0.3, 0.4) is 0 Å². The molecule has 0 atom stereocenters. The topological polar surface area (TPSA) is 67.4 Å². The maximum absolute atomic E-state index is 11.7. The molecular weight excluding hydrogens is 244 g/mol. The Hall–Kier alpha value is -1.88. The maximum Gasteiger partial charge on any atom is 0.339 e. The first kappa shape index (κ1) is 15.2. The Morgan fingerprint density at radius 2 is 2.00 bits per heavy atom. The molecule has 0 bridgehead atoms. The molecule has 1 aromatic carbocycles. The molecule has 1 rings (SSSR count). The van der Waals surface area contributed by atoms with E-state index in [1.54, 1.807) is 24.3 Å². The first-order valence-electron chi connectivity index (χ1n) is 6.37. The molecule has 0 aliphatic rings. The summed E-state index contributed by atoms with van der Waals surface area (Å²) in [6.07, 6.45) is 2.12. The van der Waals surface area contributed by atoms with Crippen molar-refractivity contribution in [1.82, 2.24) is 5.32 Å². The molecule has 2 N–H and O–H groups in total. The highest BCUT2D eigenvalue weighted by Crippen LogP contribution is 2.15. The van der Waals surface area contributed by atoms with Gasteiger partial charge in [-0.05, 0) is 25.1 Å². The lowest BCUT2D eigenvalue weighted by atomic mass is 10.2. The minimum Gasteiger partial charge on any atom is -0.465 e. The van der Waals surface area contributed by atoms with Crippen LogP contribution in [0.25, 0.3) is 0 Å². The van der Waals surface area contributed by atoms with Gasteiger partial charge in [0.1, 0.15) is 0 Å². The zero-order valence-corrected chi connectivity index (χ0v) is 11.4. The third kappa shape index (κ3) is 5.09. The average Bonchev–Trinajstić information content (AvgIpc) is 2.43. The number of rotatable bonds is 7. The summed E-state index contributed by atoms with van der Waals surface area (Å²) in [7, 11) is 1.31. The monoisotopic (exact) mass is 264 g/mol. The van der Waals surface area contributed by atoms with Crippen LogP contribution in [0, 0.1) is 0 Å². The number of unbranched alkanes of at least 4 members (excludes halogenated alkanes) is 1. The Labute approximate surface area is 113 Å². The summed E-state index contributed by atoms with van der Waals surface area (Å²) in [4.78, 5) is 23.2. The summed E-state index contributed by atoms with van der Waals surface area (Å²) >= 11 is 0. The van der Waals surface area contributed by atoms with E-state index in [0.29, 0.717) is 11.3 Å². The van der Waals surface area contributed by atoms with Crippen LogP contribution in [0.1, 0.15) is 30.1 Å². The molecule has 0 aromatic heterocycles. The van der Waals surface area contributed by atoms with Crippen LogP contribution in [0.15, 0.2) is 24.3 Å². The van der Waals surface area contributed by atoms with E-state index in [9.17, 15) is 9.59 Å². The van der Waals surface area contributed by atoms with Gasteiger partial charge in [0.25, 0.3) is 0 Å². The van der Waals surface area contributed by atoms with Crippen LogP contribution in [-0.2, 0) is 9.53 Å². The lowest BCUT2D eigenvalue weighted by Crippen LogP contribution is -2.29. The van der Waals surface area contributed by atoms with Crippen LogP contribution in [0.2, 0.25) is 0 Å². The Morgan fingerprint density at radius 1 is 1.26 bits per heavy atom. The second-order valence-electron chi connectivity index (χ2n) is 4.12. The lowest BCUT2D eigenvalue weighted by molar-refractivity contribution is -0.115. The van der Waals surface area contributed by atoms with Crippen molar-refractivity contribution in [3.63, 3.8) is 0 Å². The number of amides is 1. The zero-order chi connectivity index (χ0) is 14.1. The van der Waals surface area contributed by atoms with Gasteiger partial charge in [-0.3, -0.25) is 4.79 Å². The number of nitrogens with one attached hydrogen (secondary N) is 2. The van der Waals surface area contributed by atoms with E-state index >= 15 is 0 Å². The third-order valence-corrected chi connectivity index (χ3v) is 2.60. The third-order valence-electron chi connectivity index (χ3n) is 2.60. The predicted octanol–water partition coefficient (Wildman–Crippen LogP) is 1.80. The smallest absolute Gasteiger partial charge is 0.339 e. The number of hydrogen-bond acceptors (Lipinski definition) is 4. The summed E-state index contributed by atoms with van der Waals surface area (Å²) in [6, 6.07) is 6.77. The van der Waals surface area contributed by atoms with Crippen molar-refractivity contribution in [2.75, 3.05) is 25.5 Å². The van der Waals surface area contributed by atoms with E-state index in [0.717, 1.165) is 19.4 Å². The quantitative estimate of drug-likeness (QED) is 0.582. The molecule has 5 heteroatoms. The molecule has 0 saturated heterocycles. The zero-order valence-electron chi connectivity index (χ0n) is 11.4. The fraction of sp³-hybridized carbons (Fsp3) is 0.429. The molecule has 1 aromatic rings. The number of anilines is 1. The summed E-state index contributed by atoms with van der Waals surface area (Å²) in [5.41, 5.74) is 0.823. The Balaban J connectivity index is 2.56. The fourth-order valence-corrected chi connectivity index (χ4v) is 1.58. The normalized spacial score (nSPS) is 10.0. The molecule has 0 saturated carbocycles. The van der Waals surface area contributed by atoms with E-state index in [2.05, 4.69) is 22.3 Å². The largest absolute Gasteiger partial charge is 0.465 e. The Bertz CT molecular complexity index is 432. The van der Waals surface area contributed by atoms with Crippen LogP contribution >= 0.6 is 0 Å². The van der Waals surface area contributed by atoms with Gasteiger partial charge in [0.05, 0.1) is 24.9 Å². The minimum atomic E-state index is -0.463. The SMILES string of the molecule is CCCCNCC(=O)Nc1ccccc1C(=O)OC. The van der Waals surface area contributed by atoms with E-state index in [1.165, 1.54) is 7.11 Å². The van der Waals surface area contributed by atoms with Crippen molar-refractivity contribution in [2.24, 2.45) is 0 Å². The van der Waals surface area contributed by atoms with Gasteiger partial charge in [0.2, 0.25) is 5.91 Å². The van der Waals surface area contributed by atoms with Gasteiger partial charge >= 0.3 is 5.97 Å². The first-order chi connectivity index (χ1) is 9.19. The van der Waals surface area contributed by atoms with Gasteiger partial charge < -0.3 is 15.4 Å². The van der Waals surface area contributed by atoms with Gasteiger partial charge in [-0.2, -0.15) is 0 Å². The van der Waals surface area contributed by atoms with Crippen molar-refractivity contribution in [3.8, 4) is 0 Å². The van der Waals surface area contributed by atoms with Crippen LogP contribution < -0.4 is 10.6 Å². The highest BCUT2D eigenvalue weighted by atomic mass is 16.5. The second kappa shape index (κ2) is 8.26. The van der Waals surface area contributed by atoms with Crippen molar-refractivity contribution >= 4 is 17.6 Å². The van der Waals surface area contributed by atoms with E-state index in [4.69, 9.17) is 0 Å². The van der Waals surface area contributed by atoms with Crippen molar-refractivity contribution < 1.29 is 14.3 Å². The molecule has 19 heavy (non-hydrogen) atoms. The first-order valence-corrected chi connectivity index (χ1v) is 6.37. The molecular formula is C14H20N2O3. The summed E-state index contributed by atoms with van der Waals surface area (Å²) < 4.78 is 4.67. The molecule has 104 valence electrons. The van der Waals surface area contributed by atoms with Crippen LogP contribution in [-0.4, -0.2) is 32.1 Å². The number of benzene rings is 1. The number of esters is 1. The van der Waals surface area contributed by atoms with Crippen molar-refractivity contribution in [2.45, 2.75) is 19.8 Å². The molecule has 0 unspecified atom stereocenters. The lowest BCUT2D eigenvalue weighted by Gasteiger charge is -2.10. The van der Waals surface area contributed by atoms with E-state index in [-0.39, 0.29) is 12.5 Å². The number of ether oxygens (including phenoxy) is 1. The van der Waals surface area contributed by atoms with E-state index < -0.39 is 5.97 Å². The molecule has 0 aliphatic carbocycles. The summed E-state index contributed by atoms with van der Waals surface area (Å²) in [5.74, 6) is -0.637. The van der Waals surface area contributed by atoms with Gasteiger partial charge in [0, 0.05) is 0 Å². The number of para-hydroxylation sites is 1. The number of carbonyl (C=O) groups excluding carboxylic acids is 2. The summed E-state index contributed by atoms with van der Waals surface area (Å²) in [5, 5.41) is 5.74. The van der Waals surface area contributed by atoms with Crippen molar-refractivity contribution in [1.29, 1.82) is 0 Å². The Morgan fingerprint density at radius 3 is 2.68 bits per heavy atom. The highest BCUT2D eigenvalue weighted by molar-refractivity contribution is 6.01. The van der Waals surface area contributed by atoms with E-state index in [1.807, 2.05) is 0 Å². The van der Waals surface area contributed by atoms with Crippen LogP contribution in [0.4, 0.5) is 5.69 Å². The number of hydrogen-bond donors (Lipinski definition) is 2. The fourth-order valence-electron chi connectivity index (χ4n) is 1.58. The molecule has 1 amide bonds. The minimum absolute atomic E-state index is 0.174. The molecule has 0 spiro atoms. The van der Waals surface area contributed by atoms with Crippen LogP contribution in [0.5, 0.6) is 0 Å². The van der Waals surface area contributed by atoms with Crippen molar-refractivity contribution in [3.05, 3.63) is 29.8 Å². The average molecular weight is 264 g/mol. The molecule has 0 heterocycles. The summed E-state index contributed by atoms with van der Waals surface area (Å²) in [6.45, 7) is 3.13. The predicted molar refractivity (Wildman–Crippen MR) is 74.2 cm³/mol. The van der Waals surface area contributed by atoms with Gasteiger partial charge in [0.15, 0.2) is 0 Å². The Kier molecular flexibility index (Phi) is 6.60. The molecule has 0 aliphatic heterocycles. The maximum atomic E-state index is 11.7. The number of methoxy groups -OCH3 is 1. The van der Waals surface area contributed by atoms with Gasteiger partial charge in [-0.25, -0.2) is 4.79 Å². The molecule has 0 radical (unpaired) electrons. The van der Waals surface area contributed by atoms with Gasteiger partial charge in [-0.15, -0.1) is 0 Å². The second-order valence-corrected chi connectivity index (χ2v) is 4.12. The molecule has 0 fully saturated rings. The highest BCUT2D eigenvalue weighted by Gasteiger charge is 2.12.